The summed E-state index contributed by atoms with van der Waals surface area (Å²) in [5, 5.41) is 0.456. The molecule has 0 aromatic heterocycles. The Balaban J connectivity index is 4.41. The second-order valence-electron chi connectivity index (χ2n) is 5.37. The minimum Gasteiger partial charge on any atom is -0.413 e. The van der Waals surface area contributed by atoms with Gasteiger partial charge in [0.25, 0.3) is 0 Å². The highest BCUT2D eigenvalue weighted by atomic mass is 79.9. The summed E-state index contributed by atoms with van der Waals surface area (Å²) in [4.78, 5) is 0. The molecule has 0 N–H and O–H groups in total. The third kappa shape index (κ3) is 4.79. The predicted molar refractivity (Wildman–Crippen MR) is 70.8 cm³/mol. The van der Waals surface area contributed by atoms with Gasteiger partial charge in [-0.1, -0.05) is 36.7 Å². The van der Waals surface area contributed by atoms with Gasteiger partial charge in [0.05, 0.1) is 11.9 Å². The maximum absolute atomic E-state index is 13.2. The van der Waals surface area contributed by atoms with Gasteiger partial charge in [0.2, 0.25) is 0 Å². The van der Waals surface area contributed by atoms with Crippen molar-refractivity contribution in [2.24, 2.45) is 0 Å². The quantitative estimate of drug-likeness (QED) is 0.542. The second-order valence-corrected chi connectivity index (χ2v) is 10.7. The molecule has 0 aliphatic heterocycles. The first kappa shape index (κ1) is 15.3. The third-order valence-corrected chi connectivity index (χ3v) is 8.01. The molecule has 15 heavy (non-hydrogen) atoms. The van der Waals surface area contributed by atoms with Crippen LogP contribution in [0.2, 0.25) is 18.1 Å². The number of hydrogen-bond donors (Lipinski definition) is 0. The molecule has 0 aliphatic rings. The summed E-state index contributed by atoms with van der Waals surface area (Å²) in [5.41, 5.74) is 0.691. The Morgan fingerprint density at radius 2 is 1.80 bits per heavy atom. The van der Waals surface area contributed by atoms with Gasteiger partial charge < -0.3 is 4.43 Å². The molecule has 0 aliphatic carbocycles. The van der Waals surface area contributed by atoms with Crippen molar-refractivity contribution < 1.29 is 8.82 Å². The summed E-state index contributed by atoms with van der Waals surface area (Å²) < 4.78 is 19.1. The lowest BCUT2D eigenvalue weighted by Crippen LogP contribution is -2.41. The van der Waals surface area contributed by atoms with Crippen LogP contribution in [0.3, 0.4) is 0 Å². The lowest BCUT2D eigenvalue weighted by molar-refractivity contribution is 0.315. The maximum atomic E-state index is 13.2. The molecule has 90 valence electrons. The molecule has 0 atom stereocenters. The second kappa shape index (κ2) is 5.59. The molecule has 0 fully saturated rings. The highest BCUT2D eigenvalue weighted by Gasteiger charge is 2.37. The first-order valence-corrected chi connectivity index (χ1v) is 9.19. The van der Waals surface area contributed by atoms with Gasteiger partial charge >= 0.3 is 0 Å². The number of allylic oxidation sites excluding steroid dienone is 1. The lowest BCUT2D eigenvalue weighted by Gasteiger charge is -2.36. The third-order valence-electron chi connectivity index (χ3n) is 3.04. The normalized spacial score (nSPS) is 15.2. The SMILES string of the molecule is C/C(CO[Si](C)(C)C(C)(C)C)=C(/F)CBr. The van der Waals surface area contributed by atoms with Crippen molar-refractivity contribution in [3.8, 4) is 0 Å². The number of alkyl halides is 1. The van der Waals surface area contributed by atoms with Gasteiger partial charge in [-0.25, -0.2) is 4.39 Å². The Hall–Kier alpha value is 0.327. The average molecular weight is 297 g/mol. The van der Waals surface area contributed by atoms with E-state index in [9.17, 15) is 4.39 Å². The summed E-state index contributed by atoms with van der Waals surface area (Å²) >= 11 is 3.10. The molecular weight excluding hydrogens is 275 g/mol. The van der Waals surface area contributed by atoms with E-state index in [0.29, 0.717) is 12.2 Å². The zero-order chi connectivity index (χ0) is 12.3. The van der Waals surface area contributed by atoms with Crippen molar-refractivity contribution in [1.82, 2.24) is 0 Å². The molecule has 4 heteroatoms. The zero-order valence-corrected chi connectivity index (χ0v) is 13.2. The molecule has 0 amide bonds. The maximum Gasteiger partial charge on any atom is 0.192 e. The summed E-state index contributed by atoms with van der Waals surface area (Å²) in [5.74, 6) is -0.117. The first-order chi connectivity index (χ1) is 6.62. The predicted octanol–water partition coefficient (Wildman–Crippen LogP) is 4.65. The van der Waals surface area contributed by atoms with Crippen LogP contribution in [0.1, 0.15) is 27.7 Å². The summed E-state index contributed by atoms with van der Waals surface area (Å²) in [6.07, 6.45) is 0. The van der Waals surface area contributed by atoms with Gasteiger partial charge in [0.1, 0.15) is 5.83 Å². The molecule has 0 rings (SSSR count). The molecule has 0 aromatic carbocycles. The van der Waals surface area contributed by atoms with Crippen LogP contribution in [-0.4, -0.2) is 20.3 Å². The van der Waals surface area contributed by atoms with Crippen molar-refractivity contribution in [3.63, 3.8) is 0 Å². The molecule has 0 unspecified atom stereocenters. The van der Waals surface area contributed by atoms with Crippen LogP contribution in [0.5, 0.6) is 0 Å². The van der Waals surface area contributed by atoms with Crippen LogP contribution in [0.15, 0.2) is 11.4 Å². The fraction of sp³-hybridized carbons (Fsp3) is 0.818. The first-order valence-electron chi connectivity index (χ1n) is 5.16. The van der Waals surface area contributed by atoms with Gasteiger partial charge in [-0.05, 0) is 30.6 Å². The Bertz CT molecular complexity index is 243. The monoisotopic (exact) mass is 296 g/mol. The van der Waals surface area contributed by atoms with Crippen molar-refractivity contribution in [2.75, 3.05) is 11.9 Å². The molecule has 0 aromatic rings. The topological polar surface area (TPSA) is 9.23 Å². The van der Waals surface area contributed by atoms with Crippen LogP contribution in [0.4, 0.5) is 4.39 Å². The van der Waals surface area contributed by atoms with E-state index in [0.717, 1.165) is 0 Å². The molecule has 0 bridgehead atoms. The Kier molecular flexibility index (Phi) is 5.72. The summed E-state index contributed by atoms with van der Waals surface area (Å²) in [6, 6.07) is 0. The molecular formula is C11H22BrFOSi. The molecule has 0 saturated heterocycles. The van der Waals surface area contributed by atoms with E-state index in [1.54, 1.807) is 6.92 Å². The number of halogens is 2. The summed E-state index contributed by atoms with van der Waals surface area (Å²) in [6.45, 7) is 13.1. The van der Waals surface area contributed by atoms with Crippen LogP contribution >= 0.6 is 15.9 Å². The van der Waals surface area contributed by atoms with Crippen LogP contribution < -0.4 is 0 Å². The van der Waals surface area contributed by atoms with E-state index >= 15 is 0 Å². The van der Waals surface area contributed by atoms with Gasteiger partial charge in [0.15, 0.2) is 8.32 Å². The van der Waals surface area contributed by atoms with Crippen molar-refractivity contribution >= 4 is 24.2 Å². The number of rotatable bonds is 4. The highest BCUT2D eigenvalue weighted by Crippen LogP contribution is 2.36. The van der Waals surface area contributed by atoms with Crippen molar-refractivity contribution in [2.45, 2.75) is 45.8 Å². The van der Waals surface area contributed by atoms with Gasteiger partial charge in [0, 0.05) is 0 Å². The lowest BCUT2D eigenvalue weighted by atomic mass is 10.2. The molecule has 0 radical (unpaired) electrons. The van der Waals surface area contributed by atoms with Crippen LogP contribution in [0, 0.1) is 0 Å². The van der Waals surface area contributed by atoms with Crippen LogP contribution in [0.25, 0.3) is 0 Å². The van der Waals surface area contributed by atoms with E-state index in [4.69, 9.17) is 4.43 Å². The molecule has 0 spiro atoms. The molecule has 0 saturated carbocycles. The minimum atomic E-state index is -1.74. The smallest absolute Gasteiger partial charge is 0.192 e. The average Bonchev–Trinajstić information content (AvgIpc) is 2.11. The van der Waals surface area contributed by atoms with E-state index in [2.05, 4.69) is 49.8 Å². The minimum absolute atomic E-state index is 0.117. The van der Waals surface area contributed by atoms with E-state index in [-0.39, 0.29) is 16.2 Å². The highest BCUT2D eigenvalue weighted by molar-refractivity contribution is 9.09. The summed E-state index contributed by atoms with van der Waals surface area (Å²) in [7, 11) is -1.74. The van der Waals surface area contributed by atoms with E-state index in [1.807, 2.05) is 0 Å². The Labute approximate surface area is 102 Å². The van der Waals surface area contributed by atoms with Crippen molar-refractivity contribution in [3.05, 3.63) is 11.4 Å². The van der Waals surface area contributed by atoms with Gasteiger partial charge in [-0.3, -0.25) is 0 Å². The fourth-order valence-electron chi connectivity index (χ4n) is 0.698. The van der Waals surface area contributed by atoms with E-state index < -0.39 is 8.32 Å². The fourth-order valence-corrected chi connectivity index (χ4v) is 2.19. The van der Waals surface area contributed by atoms with Gasteiger partial charge in [-0.2, -0.15) is 0 Å². The Morgan fingerprint density at radius 3 is 2.13 bits per heavy atom. The molecule has 0 heterocycles. The molecule has 1 nitrogen and oxygen atoms in total. The standard InChI is InChI=1S/C11H22BrFOSi/c1-9(10(13)7-12)8-14-15(5,6)11(2,3)4/h7-8H2,1-6H3/b10-9-. The zero-order valence-electron chi connectivity index (χ0n) is 10.6. The van der Waals surface area contributed by atoms with Gasteiger partial charge in [-0.15, -0.1) is 0 Å². The number of hydrogen-bond acceptors (Lipinski definition) is 1. The Morgan fingerprint density at radius 1 is 1.33 bits per heavy atom. The van der Waals surface area contributed by atoms with Crippen molar-refractivity contribution in [1.29, 1.82) is 0 Å². The van der Waals surface area contributed by atoms with Crippen LogP contribution in [-0.2, 0) is 4.43 Å². The largest absolute Gasteiger partial charge is 0.413 e. The van der Waals surface area contributed by atoms with E-state index in [1.165, 1.54) is 0 Å².